The zero-order valence-corrected chi connectivity index (χ0v) is 11.8. The van der Waals surface area contributed by atoms with E-state index in [1.165, 1.54) is 18.2 Å². The maximum absolute atomic E-state index is 12.4. The van der Waals surface area contributed by atoms with Gasteiger partial charge in [0, 0.05) is 11.3 Å². The third-order valence-corrected chi connectivity index (χ3v) is 3.23. The van der Waals surface area contributed by atoms with Crippen LogP contribution in [0.25, 0.3) is 0 Å². The van der Waals surface area contributed by atoms with Gasteiger partial charge in [-0.3, -0.25) is 4.79 Å². The third kappa shape index (κ3) is 3.02. The number of anilines is 2. The third-order valence-electron chi connectivity index (χ3n) is 3.23. The number of hydrogen-bond acceptors (Lipinski definition) is 3. The molecule has 0 fully saturated rings. The minimum Gasteiger partial charge on any atom is -0.478 e. The highest BCUT2D eigenvalue weighted by atomic mass is 16.4. The maximum Gasteiger partial charge on any atom is 0.337 e. The van der Waals surface area contributed by atoms with E-state index < -0.39 is 5.97 Å². The molecule has 0 saturated carbocycles. The molecule has 2 aromatic rings. The van der Waals surface area contributed by atoms with Gasteiger partial charge in [-0.2, -0.15) is 0 Å². The van der Waals surface area contributed by atoms with Gasteiger partial charge in [-0.05, 0) is 43.2 Å². The van der Waals surface area contributed by atoms with Crippen LogP contribution in [0.15, 0.2) is 36.4 Å². The van der Waals surface area contributed by atoms with Gasteiger partial charge in [-0.25, -0.2) is 4.79 Å². The molecule has 0 aliphatic carbocycles. The van der Waals surface area contributed by atoms with E-state index in [-0.39, 0.29) is 17.2 Å². The number of rotatable bonds is 3. The van der Waals surface area contributed by atoms with Crippen molar-refractivity contribution in [2.45, 2.75) is 13.8 Å². The summed E-state index contributed by atoms with van der Waals surface area (Å²) >= 11 is 0. The van der Waals surface area contributed by atoms with Crippen molar-refractivity contribution >= 4 is 23.3 Å². The van der Waals surface area contributed by atoms with Crippen molar-refractivity contribution in [2.75, 3.05) is 11.1 Å². The first kappa shape index (κ1) is 14.6. The van der Waals surface area contributed by atoms with Crippen LogP contribution in [0.4, 0.5) is 11.4 Å². The monoisotopic (exact) mass is 284 g/mol. The summed E-state index contributed by atoms with van der Waals surface area (Å²) in [6.45, 7) is 3.67. The highest BCUT2D eigenvalue weighted by molar-refractivity contribution is 6.09. The number of aromatic carboxylic acids is 1. The number of nitrogens with one attached hydrogen (secondary N) is 1. The van der Waals surface area contributed by atoms with Gasteiger partial charge in [0.2, 0.25) is 0 Å². The van der Waals surface area contributed by atoms with Gasteiger partial charge in [-0.15, -0.1) is 0 Å². The summed E-state index contributed by atoms with van der Waals surface area (Å²) in [5, 5.41) is 11.8. The van der Waals surface area contributed by atoms with E-state index in [1.807, 2.05) is 32.0 Å². The predicted molar refractivity (Wildman–Crippen MR) is 81.7 cm³/mol. The summed E-state index contributed by atoms with van der Waals surface area (Å²) in [6.07, 6.45) is 0. The molecule has 2 aromatic carbocycles. The van der Waals surface area contributed by atoms with Crippen molar-refractivity contribution in [3.05, 3.63) is 58.7 Å². The Morgan fingerprint density at radius 1 is 1.10 bits per heavy atom. The molecular weight excluding hydrogens is 268 g/mol. The Kier molecular flexibility index (Phi) is 3.93. The number of nitrogen functional groups attached to an aromatic ring is 1. The average molecular weight is 284 g/mol. The number of aryl methyl sites for hydroxylation is 2. The van der Waals surface area contributed by atoms with E-state index in [4.69, 9.17) is 10.8 Å². The fourth-order valence-corrected chi connectivity index (χ4v) is 2.21. The lowest BCUT2D eigenvalue weighted by Crippen LogP contribution is -2.17. The number of nitrogens with two attached hydrogens (primary N) is 1. The molecule has 0 aliphatic rings. The number of carboxylic acid groups (broad SMARTS) is 1. The van der Waals surface area contributed by atoms with Crippen molar-refractivity contribution in [1.29, 1.82) is 0 Å². The molecule has 0 radical (unpaired) electrons. The molecule has 21 heavy (non-hydrogen) atoms. The molecule has 0 aromatic heterocycles. The van der Waals surface area contributed by atoms with Crippen LogP contribution < -0.4 is 11.1 Å². The molecule has 0 spiro atoms. The predicted octanol–water partition coefficient (Wildman–Crippen LogP) is 2.84. The number of hydrogen-bond donors (Lipinski definition) is 3. The second-order valence-electron chi connectivity index (χ2n) is 4.83. The molecule has 0 heterocycles. The van der Waals surface area contributed by atoms with E-state index in [0.717, 1.165) is 11.1 Å². The maximum atomic E-state index is 12.4. The fourth-order valence-electron chi connectivity index (χ4n) is 2.21. The van der Waals surface area contributed by atoms with Crippen molar-refractivity contribution in [1.82, 2.24) is 0 Å². The number of carbonyl (C=O) groups excluding carboxylic acids is 1. The zero-order chi connectivity index (χ0) is 15.6. The smallest absolute Gasteiger partial charge is 0.337 e. The Morgan fingerprint density at radius 3 is 2.29 bits per heavy atom. The van der Waals surface area contributed by atoms with Gasteiger partial charge in [0.15, 0.2) is 0 Å². The van der Waals surface area contributed by atoms with Crippen LogP contribution in [-0.2, 0) is 0 Å². The Morgan fingerprint density at radius 2 is 1.71 bits per heavy atom. The van der Waals surface area contributed by atoms with Crippen LogP contribution in [-0.4, -0.2) is 17.0 Å². The summed E-state index contributed by atoms with van der Waals surface area (Å²) < 4.78 is 0. The van der Waals surface area contributed by atoms with E-state index in [0.29, 0.717) is 11.3 Å². The molecule has 0 bridgehead atoms. The molecule has 5 nitrogen and oxygen atoms in total. The summed E-state index contributed by atoms with van der Waals surface area (Å²) in [5.74, 6) is -1.47. The van der Waals surface area contributed by atoms with Crippen LogP contribution >= 0.6 is 0 Å². The Bertz CT molecular complexity index is 703. The first-order chi connectivity index (χ1) is 9.90. The Hall–Kier alpha value is -2.82. The minimum atomic E-state index is -1.12. The van der Waals surface area contributed by atoms with E-state index in [1.54, 1.807) is 0 Å². The topological polar surface area (TPSA) is 92.4 Å². The molecule has 108 valence electrons. The second-order valence-corrected chi connectivity index (χ2v) is 4.83. The van der Waals surface area contributed by atoms with Gasteiger partial charge in [0.1, 0.15) is 0 Å². The lowest BCUT2D eigenvalue weighted by molar-refractivity contribution is 0.0698. The summed E-state index contributed by atoms with van der Waals surface area (Å²) in [6, 6.07) is 9.83. The lowest BCUT2D eigenvalue weighted by Gasteiger charge is -2.12. The first-order valence-corrected chi connectivity index (χ1v) is 6.40. The van der Waals surface area contributed by atoms with E-state index >= 15 is 0 Å². The highest BCUT2D eigenvalue weighted by Crippen LogP contribution is 2.22. The van der Waals surface area contributed by atoms with Gasteiger partial charge in [-0.1, -0.05) is 18.2 Å². The van der Waals surface area contributed by atoms with Gasteiger partial charge in [0.05, 0.1) is 11.3 Å². The summed E-state index contributed by atoms with van der Waals surface area (Å²) in [5.41, 5.74) is 8.43. The molecule has 0 unspecified atom stereocenters. The molecule has 4 N–H and O–H groups in total. The molecule has 1 amide bonds. The minimum absolute atomic E-state index is 0.00351. The van der Waals surface area contributed by atoms with Crippen LogP contribution in [0.2, 0.25) is 0 Å². The summed E-state index contributed by atoms with van der Waals surface area (Å²) in [4.78, 5) is 23.6. The van der Waals surface area contributed by atoms with Crippen LogP contribution in [0, 0.1) is 13.8 Å². The molecule has 0 atom stereocenters. The van der Waals surface area contributed by atoms with Crippen LogP contribution in [0.1, 0.15) is 31.8 Å². The molecule has 0 aliphatic heterocycles. The number of amides is 1. The van der Waals surface area contributed by atoms with E-state index in [2.05, 4.69) is 5.32 Å². The van der Waals surface area contributed by atoms with Crippen molar-refractivity contribution in [3.63, 3.8) is 0 Å². The Labute approximate surface area is 122 Å². The Balaban J connectivity index is 2.40. The molecule has 0 saturated heterocycles. The average Bonchev–Trinajstić information content (AvgIpc) is 2.38. The SMILES string of the molecule is Cc1cccc(C)c1C(=O)Nc1cc(N)ccc1C(=O)O. The quantitative estimate of drug-likeness (QED) is 0.756. The molecule has 5 heteroatoms. The number of benzene rings is 2. The van der Waals surface area contributed by atoms with Gasteiger partial charge in [0.25, 0.3) is 5.91 Å². The largest absolute Gasteiger partial charge is 0.478 e. The molecular formula is C16H16N2O3. The first-order valence-electron chi connectivity index (χ1n) is 6.40. The fraction of sp³-hybridized carbons (Fsp3) is 0.125. The van der Waals surface area contributed by atoms with Gasteiger partial charge >= 0.3 is 5.97 Å². The zero-order valence-electron chi connectivity index (χ0n) is 11.8. The normalized spacial score (nSPS) is 10.2. The lowest BCUT2D eigenvalue weighted by atomic mass is 10.0. The van der Waals surface area contributed by atoms with Gasteiger partial charge < -0.3 is 16.2 Å². The standard InChI is InChI=1S/C16H16N2O3/c1-9-4-3-5-10(2)14(9)15(19)18-13-8-11(17)6-7-12(13)16(20)21/h3-8H,17H2,1-2H3,(H,18,19)(H,20,21). The summed E-state index contributed by atoms with van der Waals surface area (Å²) in [7, 11) is 0. The van der Waals surface area contributed by atoms with Crippen molar-refractivity contribution in [3.8, 4) is 0 Å². The van der Waals surface area contributed by atoms with Crippen LogP contribution in [0.5, 0.6) is 0 Å². The van der Waals surface area contributed by atoms with Crippen molar-refractivity contribution in [2.24, 2.45) is 0 Å². The van der Waals surface area contributed by atoms with E-state index in [9.17, 15) is 9.59 Å². The molecule has 2 rings (SSSR count). The second kappa shape index (κ2) is 5.66. The van der Waals surface area contributed by atoms with Crippen molar-refractivity contribution < 1.29 is 14.7 Å². The number of carbonyl (C=O) groups is 2. The number of carboxylic acids is 1. The van der Waals surface area contributed by atoms with Crippen LogP contribution in [0.3, 0.4) is 0 Å². The highest BCUT2D eigenvalue weighted by Gasteiger charge is 2.16.